The fraction of sp³-hybridized carbons (Fsp3) is 0.333. The SMILES string of the molecule is COc1ccc(Nc2ncnc3sc4c(c23)CC[C@H](C)C4)cc1S(N)(=O)=O. The predicted molar refractivity (Wildman–Crippen MR) is 106 cm³/mol. The minimum Gasteiger partial charge on any atom is -0.495 e. The summed E-state index contributed by atoms with van der Waals surface area (Å²) in [5, 5.41) is 9.58. The van der Waals surface area contributed by atoms with Gasteiger partial charge in [-0.2, -0.15) is 0 Å². The van der Waals surface area contributed by atoms with Gasteiger partial charge in [0, 0.05) is 10.6 Å². The normalized spacial score (nSPS) is 16.9. The van der Waals surface area contributed by atoms with Crippen LogP contribution in [-0.4, -0.2) is 25.5 Å². The fourth-order valence-electron chi connectivity index (χ4n) is 3.48. The zero-order valence-corrected chi connectivity index (χ0v) is 16.7. The molecule has 2 aromatic heterocycles. The summed E-state index contributed by atoms with van der Waals surface area (Å²) in [7, 11) is -2.50. The zero-order valence-electron chi connectivity index (χ0n) is 15.0. The van der Waals surface area contributed by atoms with Gasteiger partial charge in [-0.3, -0.25) is 0 Å². The molecule has 0 spiro atoms. The minimum atomic E-state index is -3.91. The maximum absolute atomic E-state index is 11.9. The first kappa shape index (κ1) is 18.1. The number of aryl methyl sites for hydroxylation is 1. The Bertz CT molecular complexity index is 1130. The zero-order chi connectivity index (χ0) is 19.2. The molecule has 1 atom stereocenters. The van der Waals surface area contributed by atoms with Gasteiger partial charge in [0.15, 0.2) is 0 Å². The van der Waals surface area contributed by atoms with E-state index in [-0.39, 0.29) is 10.6 Å². The molecule has 0 unspecified atom stereocenters. The third-order valence-corrected chi connectivity index (χ3v) is 6.92. The lowest BCUT2D eigenvalue weighted by Crippen LogP contribution is -2.13. The number of primary sulfonamides is 1. The number of sulfonamides is 1. The maximum atomic E-state index is 11.9. The average molecular weight is 405 g/mol. The molecule has 1 aliphatic carbocycles. The van der Waals surface area contributed by atoms with Gasteiger partial charge in [-0.15, -0.1) is 11.3 Å². The van der Waals surface area contributed by atoms with Crippen LogP contribution in [0.25, 0.3) is 10.2 Å². The molecule has 7 nitrogen and oxygen atoms in total. The standard InChI is InChI=1S/C18H20N4O3S2/c1-10-3-5-12-14(7-10)26-18-16(12)17(20-9-21-18)22-11-4-6-13(25-2)15(8-11)27(19,23)24/h4,6,8-10H,3,5,7H2,1-2H3,(H2,19,23,24)(H,20,21,22)/t10-/m0/s1. The van der Waals surface area contributed by atoms with Gasteiger partial charge >= 0.3 is 0 Å². The molecule has 1 aliphatic rings. The van der Waals surface area contributed by atoms with Crippen molar-refractivity contribution in [3.05, 3.63) is 35.0 Å². The van der Waals surface area contributed by atoms with Crippen LogP contribution in [0, 0.1) is 5.92 Å². The molecule has 0 saturated carbocycles. The Labute approximate surface area is 161 Å². The second-order valence-corrected chi connectivity index (χ2v) is 9.40. The molecule has 27 heavy (non-hydrogen) atoms. The number of thiophene rings is 1. The molecule has 0 amide bonds. The summed E-state index contributed by atoms with van der Waals surface area (Å²) >= 11 is 1.71. The van der Waals surface area contributed by atoms with Crippen LogP contribution in [0.15, 0.2) is 29.4 Å². The molecule has 9 heteroatoms. The Balaban J connectivity index is 1.79. The van der Waals surface area contributed by atoms with Gasteiger partial charge in [0.05, 0.1) is 12.5 Å². The van der Waals surface area contributed by atoms with Crippen LogP contribution in [0.5, 0.6) is 5.75 Å². The first-order valence-electron chi connectivity index (χ1n) is 8.60. The number of ether oxygens (including phenoxy) is 1. The molecule has 142 valence electrons. The monoisotopic (exact) mass is 404 g/mol. The molecule has 0 radical (unpaired) electrons. The Morgan fingerprint density at radius 3 is 2.89 bits per heavy atom. The first-order chi connectivity index (χ1) is 12.9. The van der Waals surface area contributed by atoms with E-state index in [0.29, 0.717) is 17.4 Å². The molecule has 0 saturated heterocycles. The highest BCUT2D eigenvalue weighted by molar-refractivity contribution is 7.89. The molecule has 1 aromatic carbocycles. The number of hydrogen-bond acceptors (Lipinski definition) is 7. The summed E-state index contributed by atoms with van der Waals surface area (Å²) in [4.78, 5) is 11.1. The van der Waals surface area contributed by atoms with Gasteiger partial charge in [-0.25, -0.2) is 23.5 Å². The van der Waals surface area contributed by atoms with E-state index in [1.54, 1.807) is 23.5 Å². The molecule has 3 aromatic rings. The number of nitrogens with one attached hydrogen (secondary N) is 1. The molecule has 3 N–H and O–H groups in total. The van der Waals surface area contributed by atoms with E-state index in [4.69, 9.17) is 9.88 Å². The topological polar surface area (TPSA) is 107 Å². The largest absolute Gasteiger partial charge is 0.495 e. The van der Waals surface area contributed by atoms with Gasteiger partial charge in [0.25, 0.3) is 0 Å². The fourth-order valence-corrected chi connectivity index (χ4v) is 5.56. The Morgan fingerprint density at radius 1 is 1.33 bits per heavy atom. The maximum Gasteiger partial charge on any atom is 0.241 e. The van der Waals surface area contributed by atoms with Crippen LogP contribution in [-0.2, 0) is 22.9 Å². The molecule has 0 aliphatic heterocycles. The molecule has 0 bridgehead atoms. The van der Waals surface area contributed by atoms with E-state index >= 15 is 0 Å². The van der Waals surface area contributed by atoms with Crippen molar-refractivity contribution in [1.29, 1.82) is 0 Å². The molecule has 2 heterocycles. The number of nitrogens with zero attached hydrogens (tertiary/aromatic N) is 2. The van der Waals surface area contributed by atoms with Gasteiger partial charge < -0.3 is 10.1 Å². The highest BCUT2D eigenvalue weighted by Gasteiger charge is 2.23. The van der Waals surface area contributed by atoms with Crippen molar-refractivity contribution in [3.63, 3.8) is 0 Å². The average Bonchev–Trinajstić information content (AvgIpc) is 2.99. The quantitative estimate of drug-likeness (QED) is 0.691. The number of fused-ring (bicyclic) bond motifs is 3. The Hall–Kier alpha value is -2.23. The van der Waals surface area contributed by atoms with Crippen molar-refractivity contribution in [1.82, 2.24) is 9.97 Å². The van der Waals surface area contributed by atoms with Gasteiger partial charge in [0.1, 0.15) is 27.6 Å². The highest BCUT2D eigenvalue weighted by Crippen LogP contribution is 2.40. The van der Waals surface area contributed by atoms with Crippen molar-refractivity contribution >= 4 is 43.1 Å². The lowest BCUT2D eigenvalue weighted by Gasteiger charge is -2.18. The van der Waals surface area contributed by atoms with Crippen LogP contribution in [0.3, 0.4) is 0 Å². The van der Waals surface area contributed by atoms with E-state index in [0.717, 1.165) is 29.5 Å². The van der Waals surface area contributed by atoms with Crippen molar-refractivity contribution in [2.24, 2.45) is 11.1 Å². The van der Waals surface area contributed by atoms with Crippen LogP contribution in [0.4, 0.5) is 11.5 Å². The number of benzene rings is 1. The van der Waals surface area contributed by atoms with Crippen molar-refractivity contribution in [3.8, 4) is 5.75 Å². The summed E-state index contributed by atoms with van der Waals surface area (Å²) in [5.74, 6) is 1.56. The third-order valence-electron chi connectivity index (χ3n) is 4.82. The number of methoxy groups -OCH3 is 1. The molecular weight excluding hydrogens is 384 g/mol. The van der Waals surface area contributed by atoms with Gasteiger partial charge in [-0.05, 0) is 48.9 Å². The molecular formula is C18H20N4O3S2. The summed E-state index contributed by atoms with van der Waals surface area (Å²) in [5.41, 5.74) is 1.88. The summed E-state index contributed by atoms with van der Waals surface area (Å²) < 4.78 is 28.8. The summed E-state index contributed by atoms with van der Waals surface area (Å²) in [6.45, 7) is 2.27. The van der Waals surface area contributed by atoms with E-state index in [1.165, 1.54) is 29.9 Å². The molecule has 4 rings (SSSR count). The summed E-state index contributed by atoms with van der Waals surface area (Å²) in [6.07, 6.45) is 4.74. The van der Waals surface area contributed by atoms with Gasteiger partial charge in [-0.1, -0.05) is 6.92 Å². The lowest BCUT2D eigenvalue weighted by molar-refractivity contribution is 0.403. The van der Waals surface area contributed by atoms with Gasteiger partial charge in [0.2, 0.25) is 10.0 Å². The second kappa shape index (κ2) is 6.74. The van der Waals surface area contributed by atoms with Crippen LogP contribution in [0.1, 0.15) is 23.8 Å². The van der Waals surface area contributed by atoms with Crippen molar-refractivity contribution < 1.29 is 13.2 Å². The van der Waals surface area contributed by atoms with E-state index in [9.17, 15) is 8.42 Å². The number of aromatic nitrogens is 2. The number of rotatable bonds is 4. The van der Waals surface area contributed by atoms with Crippen LogP contribution >= 0.6 is 11.3 Å². The molecule has 0 fully saturated rings. The Morgan fingerprint density at radius 2 is 2.15 bits per heavy atom. The lowest BCUT2D eigenvalue weighted by atomic mass is 9.89. The number of anilines is 2. The number of nitrogens with two attached hydrogens (primary N) is 1. The van der Waals surface area contributed by atoms with E-state index < -0.39 is 10.0 Å². The smallest absolute Gasteiger partial charge is 0.241 e. The van der Waals surface area contributed by atoms with E-state index in [2.05, 4.69) is 22.2 Å². The third kappa shape index (κ3) is 3.38. The van der Waals surface area contributed by atoms with Crippen LogP contribution < -0.4 is 15.2 Å². The second-order valence-electron chi connectivity index (χ2n) is 6.79. The van der Waals surface area contributed by atoms with Crippen molar-refractivity contribution in [2.45, 2.75) is 31.1 Å². The number of hydrogen-bond donors (Lipinski definition) is 2. The van der Waals surface area contributed by atoms with E-state index in [1.807, 2.05) is 0 Å². The predicted octanol–water partition coefficient (Wildman–Crippen LogP) is 3.22. The van der Waals surface area contributed by atoms with Crippen molar-refractivity contribution in [2.75, 3.05) is 12.4 Å². The van der Waals surface area contributed by atoms with Crippen LogP contribution in [0.2, 0.25) is 0 Å². The Kier molecular flexibility index (Phi) is 4.53. The minimum absolute atomic E-state index is 0.0681. The summed E-state index contributed by atoms with van der Waals surface area (Å²) in [6, 6.07) is 4.77. The highest BCUT2D eigenvalue weighted by atomic mass is 32.2. The first-order valence-corrected chi connectivity index (χ1v) is 11.0.